The average Bonchev–Trinajstić information content (AvgIpc) is 2.77. The second-order valence-corrected chi connectivity index (χ2v) is 7.79. The van der Waals surface area contributed by atoms with E-state index >= 15 is 0 Å². The third kappa shape index (κ3) is 5.57. The highest BCUT2D eigenvalue weighted by atomic mass is 16.5. The van der Waals surface area contributed by atoms with Gasteiger partial charge in [-0.1, -0.05) is 44.2 Å². The molecular formula is C26H29NO4. The van der Waals surface area contributed by atoms with Crippen LogP contribution in [0.5, 0.6) is 17.2 Å². The van der Waals surface area contributed by atoms with Gasteiger partial charge in [-0.15, -0.1) is 0 Å². The van der Waals surface area contributed by atoms with E-state index in [2.05, 4.69) is 13.8 Å². The zero-order valence-electron chi connectivity index (χ0n) is 18.5. The number of benzene rings is 3. The maximum absolute atomic E-state index is 13.2. The number of carbonyl (C=O) groups excluding carboxylic acids is 1. The molecule has 0 spiro atoms. The Hall–Kier alpha value is -3.47. The molecule has 5 nitrogen and oxygen atoms in total. The van der Waals surface area contributed by atoms with E-state index in [-0.39, 0.29) is 30.7 Å². The maximum Gasteiger partial charge on any atom is 0.265 e. The smallest absolute Gasteiger partial charge is 0.265 e. The molecule has 0 saturated heterocycles. The number of nitrogens with zero attached hydrogens (tertiary/aromatic N) is 1. The molecule has 3 aromatic carbocycles. The molecule has 0 aliphatic heterocycles. The molecule has 3 aromatic rings. The van der Waals surface area contributed by atoms with Crippen molar-refractivity contribution in [2.24, 2.45) is 0 Å². The van der Waals surface area contributed by atoms with Gasteiger partial charge in [-0.05, 0) is 60.4 Å². The van der Waals surface area contributed by atoms with Gasteiger partial charge in [0.2, 0.25) is 0 Å². The van der Waals surface area contributed by atoms with E-state index in [1.165, 1.54) is 0 Å². The molecule has 31 heavy (non-hydrogen) atoms. The number of hydrogen-bond donors (Lipinski definition) is 1. The summed E-state index contributed by atoms with van der Waals surface area (Å²) in [4.78, 5) is 14.9. The first-order valence-corrected chi connectivity index (χ1v) is 10.3. The summed E-state index contributed by atoms with van der Waals surface area (Å²) in [5.41, 5.74) is 3.50. The number of anilines is 1. The number of phenolic OH excluding ortho intramolecular Hbond substituents is 1. The van der Waals surface area contributed by atoms with Crippen molar-refractivity contribution in [2.75, 3.05) is 18.6 Å². The fourth-order valence-corrected chi connectivity index (χ4v) is 3.36. The van der Waals surface area contributed by atoms with E-state index in [0.29, 0.717) is 17.0 Å². The van der Waals surface area contributed by atoms with Crippen LogP contribution < -0.4 is 14.4 Å². The van der Waals surface area contributed by atoms with E-state index in [1.54, 1.807) is 42.3 Å². The Bertz CT molecular complexity index is 1030. The van der Waals surface area contributed by atoms with Crippen LogP contribution >= 0.6 is 0 Å². The molecule has 5 heteroatoms. The van der Waals surface area contributed by atoms with Crippen LogP contribution in [0.15, 0.2) is 66.7 Å². The van der Waals surface area contributed by atoms with Crippen LogP contribution in [0.2, 0.25) is 0 Å². The molecule has 0 unspecified atom stereocenters. The molecule has 0 fully saturated rings. The largest absolute Gasteiger partial charge is 0.508 e. The summed E-state index contributed by atoms with van der Waals surface area (Å²) in [5, 5.41) is 10.2. The van der Waals surface area contributed by atoms with Crippen molar-refractivity contribution in [3.05, 3.63) is 83.4 Å². The molecule has 3 rings (SSSR count). The SMILES string of the molecule is COc1ccc(N(Cc2ccccc2O)C(=O)COc2cc(C)ccc2C(C)C)cc1. The highest BCUT2D eigenvalue weighted by Gasteiger charge is 2.19. The van der Waals surface area contributed by atoms with Gasteiger partial charge in [0.15, 0.2) is 6.61 Å². The van der Waals surface area contributed by atoms with Crippen molar-refractivity contribution in [3.8, 4) is 17.2 Å². The predicted octanol–water partition coefficient (Wildman–Crippen LogP) is 5.44. The molecule has 0 atom stereocenters. The van der Waals surface area contributed by atoms with Gasteiger partial charge in [-0.3, -0.25) is 4.79 Å². The Kier molecular flexibility index (Phi) is 7.19. The summed E-state index contributed by atoms with van der Waals surface area (Å²) in [6.45, 7) is 6.32. The Morgan fingerprint density at radius 1 is 1.03 bits per heavy atom. The molecule has 0 aromatic heterocycles. The topological polar surface area (TPSA) is 59.0 Å². The molecule has 0 aliphatic rings. The van der Waals surface area contributed by atoms with Gasteiger partial charge in [-0.25, -0.2) is 0 Å². The zero-order valence-corrected chi connectivity index (χ0v) is 18.5. The molecule has 0 bridgehead atoms. The Morgan fingerprint density at radius 3 is 2.39 bits per heavy atom. The summed E-state index contributed by atoms with van der Waals surface area (Å²) < 4.78 is 11.2. The quantitative estimate of drug-likeness (QED) is 0.528. The summed E-state index contributed by atoms with van der Waals surface area (Å²) >= 11 is 0. The number of aryl methyl sites for hydroxylation is 1. The van der Waals surface area contributed by atoms with Crippen molar-refractivity contribution in [3.63, 3.8) is 0 Å². The van der Waals surface area contributed by atoms with Crippen LogP contribution in [-0.4, -0.2) is 24.7 Å². The van der Waals surface area contributed by atoms with E-state index in [4.69, 9.17) is 9.47 Å². The van der Waals surface area contributed by atoms with Gasteiger partial charge in [0.05, 0.1) is 13.7 Å². The van der Waals surface area contributed by atoms with Crippen molar-refractivity contribution in [1.82, 2.24) is 0 Å². The third-order valence-electron chi connectivity index (χ3n) is 5.15. The van der Waals surface area contributed by atoms with E-state index in [0.717, 1.165) is 16.9 Å². The minimum absolute atomic E-state index is 0.108. The van der Waals surface area contributed by atoms with Gasteiger partial charge in [0, 0.05) is 11.3 Å². The van der Waals surface area contributed by atoms with Crippen LogP contribution in [0.3, 0.4) is 0 Å². The van der Waals surface area contributed by atoms with E-state index in [9.17, 15) is 9.90 Å². The first-order chi connectivity index (χ1) is 14.9. The lowest BCUT2D eigenvalue weighted by Crippen LogP contribution is -2.34. The van der Waals surface area contributed by atoms with Crippen LogP contribution in [0, 0.1) is 6.92 Å². The molecule has 0 aliphatic carbocycles. The fourth-order valence-electron chi connectivity index (χ4n) is 3.36. The first kappa shape index (κ1) is 22.2. The number of aromatic hydroxyl groups is 1. The average molecular weight is 420 g/mol. The fraction of sp³-hybridized carbons (Fsp3) is 0.269. The number of rotatable bonds is 8. The molecule has 1 N–H and O–H groups in total. The standard InChI is InChI=1S/C26H29NO4/c1-18(2)23-14-9-19(3)15-25(23)31-17-26(29)27(16-20-7-5-6-8-24(20)28)21-10-12-22(30-4)13-11-21/h5-15,18,28H,16-17H2,1-4H3. The normalized spacial score (nSPS) is 10.7. The molecule has 0 radical (unpaired) electrons. The number of ether oxygens (including phenoxy) is 2. The summed E-state index contributed by atoms with van der Waals surface area (Å²) in [7, 11) is 1.60. The Balaban J connectivity index is 1.85. The van der Waals surface area contributed by atoms with Gasteiger partial charge >= 0.3 is 0 Å². The minimum atomic E-state index is -0.204. The number of phenols is 1. The van der Waals surface area contributed by atoms with Crippen LogP contribution in [0.1, 0.15) is 36.5 Å². The van der Waals surface area contributed by atoms with Crippen molar-refractivity contribution in [1.29, 1.82) is 0 Å². The lowest BCUT2D eigenvalue weighted by Gasteiger charge is -2.24. The number of para-hydroxylation sites is 1. The van der Waals surface area contributed by atoms with Gasteiger partial charge < -0.3 is 19.5 Å². The van der Waals surface area contributed by atoms with Gasteiger partial charge in [-0.2, -0.15) is 0 Å². The van der Waals surface area contributed by atoms with Crippen LogP contribution in [0.25, 0.3) is 0 Å². The summed E-state index contributed by atoms with van der Waals surface area (Å²) in [6.07, 6.45) is 0. The number of amides is 1. The van der Waals surface area contributed by atoms with Crippen LogP contribution in [0.4, 0.5) is 5.69 Å². The lowest BCUT2D eigenvalue weighted by atomic mass is 10.0. The second kappa shape index (κ2) is 10.0. The van der Waals surface area contributed by atoms with Crippen molar-refractivity contribution >= 4 is 11.6 Å². The van der Waals surface area contributed by atoms with E-state index < -0.39 is 0 Å². The highest BCUT2D eigenvalue weighted by molar-refractivity contribution is 5.94. The van der Waals surface area contributed by atoms with E-state index in [1.807, 2.05) is 43.3 Å². The minimum Gasteiger partial charge on any atom is -0.508 e. The molecule has 0 heterocycles. The number of carbonyl (C=O) groups is 1. The highest BCUT2D eigenvalue weighted by Crippen LogP contribution is 2.28. The Morgan fingerprint density at radius 2 is 1.74 bits per heavy atom. The van der Waals surface area contributed by atoms with Crippen molar-refractivity contribution < 1.29 is 19.4 Å². The molecule has 0 saturated carbocycles. The number of hydrogen-bond acceptors (Lipinski definition) is 4. The third-order valence-corrected chi connectivity index (χ3v) is 5.15. The molecular weight excluding hydrogens is 390 g/mol. The summed E-state index contributed by atoms with van der Waals surface area (Å²) in [6, 6.07) is 20.3. The maximum atomic E-state index is 13.2. The van der Waals surface area contributed by atoms with Gasteiger partial charge in [0.1, 0.15) is 17.2 Å². The van der Waals surface area contributed by atoms with Gasteiger partial charge in [0.25, 0.3) is 5.91 Å². The monoisotopic (exact) mass is 419 g/mol. The number of methoxy groups -OCH3 is 1. The lowest BCUT2D eigenvalue weighted by molar-refractivity contribution is -0.120. The van der Waals surface area contributed by atoms with Crippen molar-refractivity contribution in [2.45, 2.75) is 33.2 Å². The Labute approximate surface area is 183 Å². The summed E-state index contributed by atoms with van der Waals surface area (Å²) in [5.74, 6) is 1.65. The molecule has 1 amide bonds. The first-order valence-electron chi connectivity index (χ1n) is 10.3. The molecule has 162 valence electrons. The zero-order chi connectivity index (χ0) is 22.4. The second-order valence-electron chi connectivity index (χ2n) is 7.79. The predicted molar refractivity (Wildman–Crippen MR) is 123 cm³/mol. The van der Waals surface area contributed by atoms with Crippen LogP contribution in [-0.2, 0) is 11.3 Å².